The summed E-state index contributed by atoms with van der Waals surface area (Å²) >= 11 is 0. The van der Waals surface area contributed by atoms with E-state index < -0.39 is 18.4 Å². The summed E-state index contributed by atoms with van der Waals surface area (Å²) in [4.78, 5) is 23.7. The number of nitrogens with one attached hydrogen (secondary N) is 1. The predicted molar refractivity (Wildman–Crippen MR) is 79.8 cm³/mol. The van der Waals surface area contributed by atoms with E-state index in [0.29, 0.717) is 30.8 Å². The molecule has 2 N–H and O–H groups in total. The SMILES string of the molecule is CC(C)C[C@@H](NC(=O)O)C(=O)c1ccccc1C1OCCO1. The Bertz CT molecular complexity index is 537. The first-order valence-corrected chi connectivity index (χ1v) is 7.35. The monoisotopic (exact) mass is 307 g/mol. The Hall–Kier alpha value is -1.92. The van der Waals surface area contributed by atoms with Crippen LogP contribution in [-0.2, 0) is 9.47 Å². The Morgan fingerprint density at radius 1 is 1.27 bits per heavy atom. The molecule has 120 valence electrons. The van der Waals surface area contributed by atoms with Gasteiger partial charge in [0.25, 0.3) is 0 Å². The second-order valence-electron chi connectivity index (χ2n) is 5.66. The molecule has 0 unspecified atom stereocenters. The molecular weight excluding hydrogens is 286 g/mol. The summed E-state index contributed by atoms with van der Waals surface area (Å²) in [7, 11) is 0. The van der Waals surface area contributed by atoms with Crippen molar-refractivity contribution in [2.45, 2.75) is 32.6 Å². The lowest BCUT2D eigenvalue weighted by Crippen LogP contribution is -2.41. The summed E-state index contributed by atoms with van der Waals surface area (Å²) in [5.41, 5.74) is 1.08. The fraction of sp³-hybridized carbons (Fsp3) is 0.500. The molecule has 22 heavy (non-hydrogen) atoms. The van der Waals surface area contributed by atoms with Gasteiger partial charge in [-0.05, 0) is 12.3 Å². The zero-order valence-electron chi connectivity index (χ0n) is 12.7. The van der Waals surface area contributed by atoms with E-state index >= 15 is 0 Å². The summed E-state index contributed by atoms with van der Waals surface area (Å²) < 4.78 is 10.9. The second-order valence-corrected chi connectivity index (χ2v) is 5.66. The second kappa shape index (κ2) is 7.38. The number of amides is 1. The van der Waals surface area contributed by atoms with Gasteiger partial charge in [0.15, 0.2) is 12.1 Å². The zero-order valence-corrected chi connectivity index (χ0v) is 12.7. The van der Waals surface area contributed by atoms with E-state index in [2.05, 4.69) is 5.32 Å². The lowest BCUT2D eigenvalue weighted by molar-refractivity contribution is -0.0445. The van der Waals surface area contributed by atoms with Gasteiger partial charge in [0, 0.05) is 11.1 Å². The molecule has 0 aromatic heterocycles. The normalized spacial score (nSPS) is 16.7. The van der Waals surface area contributed by atoms with Gasteiger partial charge in [-0.3, -0.25) is 4.79 Å². The van der Waals surface area contributed by atoms with Crippen LogP contribution in [0.1, 0.15) is 42.5 Å². The maximum Gasteiger partial charge on any atom is 0.405 e. The molecule has 0 bridgehead atoms. The minimum atomic E-state index is -1.20. The molecule has 1 atom stereocenters. The Morgan fingerprint density at radius 3 is 2.50 bits per heavy atom. The number of ketones is 1. The average Bonchev–Trinajstić information content (AvgIpc) is 2.99. The number of Topliss-reactive ketones (excluding diaryl/α,β-unsaturated/α-hetero) is 1. The number of hydrogen-bond acceptors (Lipinski definition) is 4. The number of benzene rings is 1. The van der Waals surface area contributed by atoms with E-state index in [1.807, 2.05) is 13.8 Å². The Labute approximate surface area is 129 Å². The van der Waals surface area contributed by atoms with Gasteiger partial charge in [-0.2, -0.15) is 0 Å². The Balaban J connectivity index is 2.27. The third-order valence-electron chi connectivity index (χ3n) is 3.42. The molecule has 2 rings (SSSR count). The van der Waals surface area contributed by atoms with Crippen LogP contribution in [0.25, 0.3) is 0 Å². The molecule has 1 aliphatic rings. The first-order chi connectivity index (χ1) is 10.5. The van der Waals surface area contributed by atoms with Crippen LogP contribution >= 0.6 is 0 Å². The highest BCUT2D eigenvalue weighted by Crippen LogP contribution is 2.27. The van der Waals surface area contributed by atoms with Crippen molar-refractivity contribution in [3.05, 3.63) is 35.4 Å². The molecule has 1 saturated heterocycles. The van der Waals surface area contributed by atoms with Crippen LogP contribution in [0.15, 0.2) is 24.3 Å². The molecule has 1 aromatic rings. The fourth-order valence-electron chi connectivity index (χ4n) is 2.50. The van der Waals surface area contributed by atoms with E-state index in [9.17, 15) is 9.59 Å². The van der Waals surface area contributed by atoms with E-state index in [1.165, 1.54) is 0 Å². The van der Waals surface area contributed by atoms with Crippen molar-refractivity contribution in [3.8, 4) is 0 Å². The smallest absolute Gasteiger partial charge is 0.405 e. The maximum atomic E-state index is 12.8. The van der Waals surface area contributed by atoms with Crippen LogP contribution in [0.3, 0.4) is 0 Å². The lowest BCUT2D eigenvalue weighted by atomic mass is 9.93. The van der Waals surface area contributed by atoms with Gasteiger partial charge in [0.05, 0.1) is 19.3 Å². The molecule has 0 aliphatic carbocycles. The van der Waals surface area contributed by atoms with Crippen LogP contribution in [0.5, 0.6) is 0 Å². The van der Waals surface area contributed by atoms with E-state index in [1.54, 1.807) is 24.3 Å². The van der Waals surface area contributed by atoms with Crippen molar-refractivity contribution in [2.24, 2.45) is 5.92 Å². The van der Waals surface area contributed by atoms with Crippen LogP contribution in [0.4, 0.5) is 4.79 Å². The van der Waals surface area contributed by atoms with Crippen molar-refractivity contribution >= 4 is 11.9 Å². The molecule has 1 aliphatic heterocycles. The highest BCUT2D eigenvalue weighted by atomic mass is 16.7. The molecular formula is C16H21NO5. The zero-order chi connectivity index (χ0) is 16.1. The first kappa shape index (κ1) is 16.5. The van der Waals surface area contributed by atoms with E-state index in [4.69, 9.17) is 14.6 Å². The Kier molecular flexibility index (Phi) is 5.51. The first-order valence-electron chi connectivity index (χ1n) is 7.35. The predicted octanol–water partition coefficient (Wildman–Crippen LogP) is 2.60. The van der Waals surface area contributed by atoms with E-state index in [-0.39, 0.29) is 11.7 Å². The molecule has 0 spiro atoms. The van der Waals surface area contributed by atoms with Gasteiger partial charge < -0.3 is 19.9 Å². The van der Waals surface area contributed by atoms with Crippen molar-refractivity contribution in [2.75, 3.05) is 13.2 Å². The molecule has 1 heterocycles. The highest BCUT2D eigenvalue weighted by Gasteiger charge is 2.28. The van der Waals surface area contributed by atoms with Gasteiger partial charge in [-0.25, -0.2) is 4.79 Å². The van der Waals surface area contributed by atoms with Crippen LogP contribution in [0, 0.1) is 5.92 Å². The quantitative estimate of drug-likeness (QED) is 0.789. The number of carboxylic acid groups (broad SMARTS) is 1. The van der Waals surface area contributed by atoms with Gasteiger partial charge in [-0.1, -0.05) is 38.1 Å². The molecule has 1 fully saturated rings. The molecule has 6 heteroatoms. The van der Waals surface area contributed by atoms with Crippen molar-refractivity contribution in [3.63, 3.8) is 0 Å². The standard InChI is InChI=1S/C16H21NO5/c1-10(2)9-13(17-16(19)20)14(18)11-5-3-4-6-12(11)15-21-7-8-22-15/h3-6,10,13,15,17H,7-9H2,1-2H3,(H,19,20)/t13-/m1/s1. The third-order valence-corrected chi connectivity index (χ3v) is 3.42. The number of rotatable bonds is 6. The summed E-state index contributed by atoms with van der Waals surface area (Å²) in [5, 5.41) is 11.3. The van der Waals surface area contributed by atoms with Gasteiger partial charge in [0.1, 0.15) is 0 Å². The summed E-state index contributed by atoms with van der Waals surface area (Å²) in [6.07, 6.45) is -1.33. The Morgan fingerprint density at radius 2 is 1.91 bits per heavy atom. The topological polar surface area (TPSA) is 84.9 Å². The minimum absolute atomic E-state index is 0.187. The number of hydrogen-bond donors (Lipinski definition) is 2. The summed E-state index contributed by atoms with van der Waals surface area (Å²) in [5.74, 6) is -0.0715. The fourth-order valence-corrected chi connectivity index (χ4v) is 2.50. The molecule has 0 radical (unpaired) electrons. The molecule has 0 saturated carbocycles. The minimum Gasteiger partial charge on any atom is -0.465 e. The van der Waals surface area contributed by atoms with Crippen LogP contribution < -0.4 is 5.32 Å². The maximum absolute atomic E-state index is 12.8. The van der Waals surface area contributed by atoms with Gasteiger partial charge >= 0.3 is 6.09 Å². The van der Waals surface area contributed by atoms with Crippen LogP contribution in [0.2, 0.25) is 0 Å². The summed E-state index contributed by atoms with van der Waals surface area (Å²) in [6.45, 7) is 4.85. The molecule has 6 nitrogen and oxygen atoms in total. The van der Waals surface area contributed by atoms with Crippen LogP contribution in [-0.4, -0.2) is 36.2 Å². The number of carbonyl (C=O) groups is 2. The van der Waals surface area contributed by atoms with Crippen molar-refractivity contribution in [1.29, 1.82) is 0 Å². The van der Waals surface area contributed by atoms with Crippen molar-refractivity contribution in [1.82, 2.24) is 5.32 Å². The van der Waals surface area contributed by atoms with Gasteiger partial charge in [-0.15, -0.1) is 0 Å². The highest BCUT2D eigenvalue weighted by molar-refractivity contribution is 6.02. The molecule has 1 amide bonds. The number of ether oxygens (including phenoxy) is 2. The number of carbonyl (C=O) groups excluding carboxylic acids is 1. The van der Waals surface area contributed by atoms with E-state index in [0.717, 1.165) is 0 Å². The average molecular weight is 307 g/mol. The van der Waals surface area contributed by atoms with Crippen molar-refractivity contribution < 1.29 is 24.2 Å². The lowest BCUT2D eigenvalue weighted by Gasteiger charge is -2.20. The molecule has 1 aromatic carbocycles. The largest absolute Gasteiger partial charge is 0.465 e. The van der Waals surface area contributed by atoms with Gasteiger partial charge in [0.2, 0.25) is 0 Å². The third kappa shape index (κ3) is 4.05. The summed E-state index contributed by atoms with van der Waals surface area (Å²) in [6, 6.07) is 6.23.